The van der Waals surface area contributed by atoms with Gasteiger partial charge in [0.25, 0.3) is 0 Å². The molecule has 114 valence electrons. The second kappa shape index (κ2) is 6.70. The van der Waals surface area contributed by atoms with Crippen molar-refractivity contribution >= 4 is 21.4 Å². The fraction of sp³-hybridized carbons (Fsp3) is 0.333. The summed E-state index contributed by atoms with van der Waals surface area (Å²) in [6.45, 7) is 4.36. The molecule has 0 aliphatic carbocycles. The number of thiophene rings is 1. The monoisotopic (exact) mass is 324 g/mol. The van der Waals surface area contributed by atoms with Gasteiger partial charge in [-0.3, -0.25) is 0 Å². The number of sulfonamides is 1. The van der Waals surface area contributed by atoms with Gasteiger partial charge in [0.15, 0.2) is 0 Å². The summed E-state index contributed by atoms with van der Waals surface area (Å²) in [4.78, 5) is 2.48. The number of rotatable bonds is 6. The maximum Gasteiger partial charge on any atom is 0.240 e. The molecule has 2 aromatic rings. The molecule has 0 fully saturated rings. The number of hydrogen-bond acceptors (Lipinski definition) is 4. The average Bonchev–Trinajstić information content (AvgIpc) is 2.90. The van der Waals surface area contributed by atoms with Crippen molar-refractivity contribution in [2.24, 2.45) is 0 Å². The van der Waals surface area contributed by atoms with Crippen molar-refractivity contribution in [3.05, 3.63) is 51.7 Å². The molecule has 21 heavy (non-hydrogen) atoms. The first-order valence-corrected chi connectivity index (χ1v) is 9.04. The standard InChI is InChI=1S/C15H20N2O2S2/c1-11-4-7-14(20-11)10-17-21(18,19)15-8-5-13(6-9-15)12(2)16-3/h4-9,12,16-17H,10H2,1-3H3. The summed E-state index contributed by atoms with van der Waals surface area (Å²) in [6, 6.07) is 11.1. The lowest BCUT2D eigenvalue weighted by Gasteiger charge is -2.11. The van der Waals surface area contributed by atoms with Crippen molar-refractivity contribution in [3.63, 3.8) is 0 Å². The Hall–Kier alpha value is -1.21. The van der Waals surface area contributed by atoms with Gasteiger partial charge in [0.1, 0.15) is 0 Å². The van der Waals surface area contributed by atoms with Gasteiger partial charge in [0.2, 0.25) is 10.0 Å². The molecule has 1 unspecified atom stereocenters. The first kappa shape index (κ1) is 16.2. The third-order valence-electron chi connectivity index (χ3n) is 3.36. The number of aryl methyl sites for hydroxylation is 1. The summed E-state index contributed by atoms with van der Waals surface area (Å²) in [6.07, 6.45) is 0. The summed E-state index contributed by atoms with van der Waals surface area (Å²) in [5.41, 5.74) is 1.06. The van der Waals surface area contributed by atoms with Crippen LogP contribution in [0.1, 0.15) is 28.3 Å². The minimum absolute atomic E-state index is 0.198. The lowest BCUT2D eigenvalue weighted by Crippen LogP contribution is -2.23. The largest absolute Gasteiger partial charge is 0.313 e. The van der Waals surface area contributed by atoms with Gasteiger partial charge >= 0.3 is 0 Å². The van der Waals surface area contributed by atoms with Crippen LogP contribution in [-0.4, -0.2) is 15.5 Å². The SMILES string of the molecule is CNC(C)c1ccc(S(=O)(=O)NCc2ccc(C)s2)cc1. The molecule has 0 radical (unpaired) electrons. The topological polar surface area (TPSA) is 58.2 Å². The quantitative estimate of drug-likeness (QED) is 0.859. The second-order valence-electron chi connectivity index (χ2n) is 4.92. The molecule has 1 heterocycles. The van der Waals surface area contributed by atoms with Gasteiger partial charge in [-0.05, 0) is 50.7 Å². The molecule has 0 aliphatic rings. The van der Waals surface area contributed by atoms with Gasteiger partial charge in [0.05, 0.1) is 4.90 Å². The third-order valence-corrected chi connectivity index (χ3v) is 5.77. The van der Waals surface area contributed by atoms with E-state index in [4.69, 9.17) is 0 Å². The first-order chi connectivity index (χ1) is 9.92. The molecule has 0 spiro atoms. The van der Waals surface area contributed by atoms with E-state index in [2.05, 4.69) is 10.0 Å². The Morgan fingerprint density at radius 2 is 1.81 bits per heavy atom. The van der Waals surface area contributed by atoms with Crippen molar-refractivity contribution in [1.82, 2.24) is 10.0 Å². The molecule has 0 aliphatic heterocycles. The van der Waals surface area contributed by atoms with Crippen molar-refractivity contribution < 1.29 is 8.42 Å². The Kier molecular flexibility index (Phi) is 5.16. The van der Waals surface area contributed by atoms with Gasteiger partial charge in [0, 0.05) is 22.3 Å². The maximum atomic E-state index is 12.2. The number of benzene rings is 1. The van der Waals surface area contributed by atoms with Crippen molar-refractivity contribution in [2.45, 2.75) is 31.3 Å². The predicted octanol–water partition coefficient (Wildman–Crippen LogP) is 2.82. The van der Waals surface area contributed by atoms with E-state index < -0.39 is 10.0 Å². The van der Waals surface area contributed by atoms with E-state index in [0.717, 1.165) is 10.4 Å². The van der Waals surface area contributed by atoms with Crippen LogP contribution in [0.25, 0.3) is 0 Å². The van der Waals surface area contributed by atoms with Gasteiger partial charge in [-0.25, -0.2) is 13.1 Å². The van der Waals surface area contributed by atoms with E-state index in [1.165, 1.54) is 4.88 Å². The number of nitrogens with one attached hydrogen (secondary N) is 2. The third kappa shape index (κ3) is 4.14. The molecule has 0 saturated carbocycles. The van der Waals surface area contributed by atoms with Crippen molar-refractivity contribution in [1.29, 1.82) is 0 Å². The van der Waals surface area contributed by atoms with Gasteiger partial charge < -0.3 is 5.32 Å². The van der Waals surface area contributed by atoms with Crippen LogP contribution in [0.2, 0.25) is 0 Å². The zero-order valence-electron chi connectivity index (χ0n) is 12.4. The van der Waals surface area contributed by atoms with E-state index in [1.807, 2.05) is 45.2 Å². The van der Waals surface area contributed by atoms with E-state index in [0.29, 0.717) is 11.4 Å². The molecule has 1 aromatic heterocycles. The molecule has 6 heteroatoms. The summed E-state index contributed by atoms with van der Waals surface area (Å²) >= 11 is 1.60. The molecule has 0 saturated heterocycles. The normalized spacial score (nSPS) is 13.3. The summed E-state index contributed by atoms with van der Waals surface area (Å²) < 4.78 is 27.1. The van der Waals surface area contributed by atoms with Gasteiger partial charge in [-0.15, -0.1) is 11.3 Å². The van der Waals surface area contributed by atoms with Crippen LogP contribution in [0.4, 0.5) is 0 Å². The van der Waals surface area contributed by atoms with Crippen LogP contribution < -0.4 is 10.0 Å². The van der Waals surface area contributed by atoms with Crippen LogP contribution in [0.5, 0.6) is 0 Å². The van der Waals surface area contributed by atoms with E-state index in [-0.39, 0.29) is 6.04 Å². The summed E-state index contributed by atoms with van der Waals surface area (Å²) in [5, 5.41) is 3.12. The Balaban J connectivity index is 2.08. The lowest BCUT2D eigenvalue weighted by atomic mass is 10.1. The molecule has 4 nitrogen and oxygen atoms in total. The zero-order valence-corrected chi connectivity index (χ0v) is 14.0. The van der Waals surface area contributed by atoms with Crippen LogP contribution in [0.15, 0.2) is 41.3 Å². The highest BCUT2D eigenvalue weighted by Crippen LogP contribution is 2.18. The highest BCUT2D eigenvalue weighted by atomic mass is 32.2. The minimum atomic E-state index is -3.46. The Morgan fingerprint density at radius 3 is 2.33 bits per heavy atom. The van der Waals surface area contributed by atoms with Crippen LogP contribution in [0.3, 0.4) is 0 Å². The smallest absolute Gasteiger partial charge is 0.240 e. The van der Waals surface area contributed by atoms with Crippen molar-refractivity contribution in [3.8, 4) is 0 Å². The highest BCUT2D eigenvalue weighted by Gasteiger charge is 2.14. The highest BCUT2D eigenvalue weighted by molar-refractivity contribution is 7.89. The van der Waals surface area contributed by atoms with Crippen molar-refractivity contribution in [2.75, 3.05) is 7.05 Å². The Bertz CT molecular complexity index is 691. The Morgan fingerprint density at radius 1 is 1.14 bits per heavy atom. The fourth-order valence-corrected chi connectivity index (χ4v) is 3.86. The van der Waals surface area contributed by atoms with Crippen LogP contribution in [-0.2, 0) is 16.6 Å². The number of hydrogen-bond donors (Lipinski definition) is 2. The fourth-order valence-electron chi connectivity index (χ4n) is 1.93. The van der Waals surface area contributed by atoms with E-state index in [1.54, 1.807) is 23.5 Å². The second-order valence-corrected chi connectivity index (χ2v) is 8.06. The summed E-state index contributed by atoms with van der Waals surface area (Å²) in [5.74, 6) is 0. The van der Waals surface area contributed by atoms with Crippen LogP contribution >= 0.6 is 11.3 Å². The van der Waals surface area contributed by atoms with Crippen LogP contribution in [0, 0.1) is 6.92 Å². The lowest BCUT2D eigenvalue weighted by molar-refractivity contribution is 0.581. The van der Waals surface area contributed by atoms with Gasteiger partial charge in [-0.2, -0.15) is 0 Å². The molecule has 1 aromatic carbocycles. The minimum Gasteiger partial charge on any atom is -0.313 e. The summed E-state index contributed by atoms with van der Waals surface area (Å²) in [7, 11) is -1.59. The molecule has 0 amide bonds. The predicted molar refractivity (Wildman–Crippen MR) is 87.0 cm³/mol. The Labute approximate surface area is 130 Å². The average molecular weight is 324 g/mol. The molecule has 2 rings (SSSR count). The van der Waals surface area contributed by atoms with E-state index >= 15 is 0 Å². The van der Waals surface area contributed by atoms with E-state index in [9.17, 15) is 8.42 Å². The molecule has 0 bridgehead atoms. The maximum absolute atomic E-state index is 12.2. The molecule has 1 atom stereocenters. The van der Waals surface area contributed by atoms with Gasteiger partial charge in [-0.1, -0.05) is 12.1 Å². The molecule has 2 N–H and O–H groups in total. The molecular formula is C15H20N2O2S2. The molecular weight excluding hydrogens is 304 g/mol. The first-order valence-electron chi connectivity index (χ1n) is 6.74. The zero-order chi connectivity index (χ0) is 15.5.